The number of nitrogens with zero attached hydrogens (tertiary/aromatic N) is 3. The van der Waals surface area contributed by atoms with E-state index < -0.39 is 0 Å². The first-order chi connectivity index (χ1) is 16.1. The summed E-state index contributed by atoms with van der Waals surface area (Å²) in [6.07, 6.45) is 3.04. The molecule has 0 spiro atoms. The molecule has 0 fully saturated rings. The summed E-state index contributed by atoms with van der Waals surface area (Å²) in [6, 6.07) is 21.9. The van der Waals surface area contributed by atoms with Gasteiger partial charge in [-0.1, -0.05) is 18.2 Å². The summed E-state index contributed by atoms with van der Waals surface area (Å²) in [5.41, 5.74) is 3.28. The number of H-pyrrole nitrogens is 1. The van der Waals surface area contributed by atoms with Crippen molar-refractivity contribution in [2.45, 2.75) is 0 Å². The third-order valence-electron chi connectivity index (χ3n) is 5.24. The molecule has 2 N–H and O–H groups in total. The number of aromatic nitrogens is 4. The quantitative estimate of drug-likeness (QED) is 0.432. The second-order valence-electron chi connectivity index (χ2n) is 7.32. The smallest absolute Gasteiger partial charge is 0.259 e. The van der Waals surface area contributed by atoms with E-state index in [-0.39, 0.29) is 11.5 Å². The molecule has 0 atom stereocenters. The van der Waals surface area contributed by atoms with Gasteiger partial charge in [0, 0.05) is 17.4 Å². The summed E-state index contributed by atoms with van der Waals surface area (Å²) in [6.45, 7) is 0. The van der Waals surface area contributed by atoms with Crippen molar-refractivity contribution in [2.24, 2.45) is 0 Å². The molecule has 8 heteroatoms. The largest absolute Gasteiger partial charge is 0.497 e. The average Bonchev–Trinajstić information content (AvgIpc) is 3.31. The molecule has 0 bridgehead atoms. The first-order valence-corrected chi connectivity index (χ1v) is 10.2. The molecule has 0 aliphatic rings. The number of nitrogens with one attached hydrogen (secondary N) is 2. The van der Waals surface area contributed by atoms with Crippen molar-refractivity contribution in [3.63, 3.8) is 0 Å². The molecule has 8 nitrogen and oxygen atoms in total. The van der Waals surface area contributed by atoms with Crippen molar-refractivity contribution in [3.8, 4) is 22.7 Å². The molecule has 5 rings (SSSR count). The second kappa shape index (κ2) is 8.43. The topological polar surface area (TPSA) is 102 Å². The van der Waals surface area contributed by atoms with E-state index in [0.29, 0.717) is 33.6 Å². The standard InChI is InChI=1S/C25H19N5O3/c1-33-19-10-7-16(8-11-19)23-21(14-30(29-23)18-5-3-2-4-6-18)25(32)28-17-9-12-22-20(13-17)24(31)27-15-26-22/h2-15H,1H3,(H,28,32)(H,26,27,31). The van der Waals surface area contributed by atoms with Gasteiger partial charge in [-0.3, -0.25) is 9.59 Å². The van der Waals surface area contributed by atoms with Gasteiger partial charge in [-0.05, 0) is 54.6 Å². The molecule has 2 aromatic heterocycles. The van der Waals surface area contributed by atoms with Gasteiger partial charge >= 0.3 is 0 Å². The van der Waals surface area contributed by atoms with Gasteiger partial charge in [-0.25, -0.2) is 9.67 Å². The van der Waals surface area contributed by atoms with E-state index in [1.807, 2.05) is 54.6 Å². The number of fused-ring (bicyclic) bond motifs is 1. The molecule has 0 unspecified atom stereocenters. The van der Waals surface area contributed by atoms with E-state index in [4.69, 9.17) is 4.74 Å². The van der Waals surface area contributed by atoms with Crippen LogP contribution in [0.4, 0.5) is 5.69 Å². The number of para-hydroxylation sites is 1. The highest BCUT2D eigenvalue weighted by Gasteiger charge is 2.19. The number of carbonyl (C=O) groups excluding carboxylic acids is 1. The molecule has 0 saturated heterocycles. The van der Waals surface area contributed by atoms with Crippen LogP contribution in [0.5, 0.6) is 5.75 Å². The number of methoxy groups -OCH3 is 1. The molecule has 0 radical (unpaired) electrons. The van der Waals surface area contributed by atoms with Crippen LogP contribution in [0.1, 0.15) is 10.4 Å². The Kier molecular flexibility index (Phi) is 5.16. The van der Waals surface area contributed by atoms with Gasteiger partial charge < -0.3 is 15.0 Å². The number of benzene rings is 3. The molecule has 0 saturated carbocycles. The molecule has 0 aliphatic heterocycles. The van der Waals surface area contributed by atoms with Gasteiger partial charge in [0.1, 0.15) is 11.4 Å². The number of hydrogen-bond donors (Lipinski definition) is 2. The van der Waals surface area contributed by atoms with E-state index in [1.54, 1.807) is 36.2 Å². The number of carbonyl (C=O) groups is 1. The monoisotopic (exact) mass is 437 g/mol. The van der Waals surface area contributed by atoms with E-state index in [9.17, 15) is 9.59 Å². The number of aromatic amines is 1. The zero-order valence-electron chi connectivity index (χ0n) is 17.6. The number of ether oxygens (including phenoxy) is 1. The predicted octanol–water partition coefficient (Wildman–Crippen LogP) is 4.04. The van der Waals surface area contributed by atoms with E-state index in [0.717, 1.165) is 11.3 Å². The molecular formula is C25H19N5O3. The first-order valence-electron chi connectivity index (χ1n) is 10.2. The number of hydrogen-bond acceptors (Lipinski definition) is 5. The number of rotatable bonds is 5. The van der Waals surface area contributed by atoms with E-state index in [2.05, 4.69) is 20.4 Å². The van der Waals surface area contributed by atoms with Gasteiger partial charge in [0.2, 0.25) is 0 Å². The van der Waals surface area contributed by atoms with Crippen LogP contribution in [0, 0.1) is 0 Å². The maximum absolute atomic E-state index is 13.3. The van der Waals surface area contributed by atoms with Crippen molar-refractivity contribution in [3.05, 3.63) is 101 Å². The molecule has 2 heterocycles. The number of anilines is 1. The highest BCUT2D eigenvalue weighted by Crippen LogP contribution is 2.27. The van der Waals surface area contributed by atoms with E-state index in [1.165, 1.54) is 6.33 Å². The van der Waals surface area contributed by atoms with Crippen LogP contribution in [0.2, 0.25) is 0 Å². The van der Waals surface area contributed by atoms with Crippen LogP contribution in [0.3, 0.4) is 0 Å². The highest BCUT2D eigenvalue weighted by atomic mass is 16.5. The Balaban J connectivity index is 1.55. The van der Waals surface area contributed by atoms with Crippen molar-refractivity contribution >= 4 is 22.5 Å². The summed E-state index contributed by atoms with van der Waals surface area (Å²) in [4.78, 5) is 32.1. The highest BCUT2D eigenvalue weighted by molar-refractivity contribution is 6.08. The van der Waals surface area contributed by atoms with Crippen molar-refractivity contribution in [2.75, 3.05) is 12.4 Å². The summed E-state index contributed by atoms with van der Waals surface area (Å²) >= 11 is 0. The normalized spacial score (nSPS) is 10.8. The molecular weight excluding hydrogens is 418 g/mol. The fourth-order valence-corrected chi connectivity index (χ4v) is 3.56. The van der Waals surface area contributed by atoms with Gasteiger partial charge in [0.25, 0.3) is 11.5 Å². The molecule has 0 aliphatic carbocycles. The minimum absolute atomic E-state index is 0.271. The van der Waals surface area contributed by atoms with Crippen molar-refractivity contribution in [1.29, 1.82) is 0 Å². The number of amides is 1. The second-order valence-corrected chi connectivity index (χ2v) is 7.32. The Labute approximate surface area is 188 Å². The third-order valence-corrected chi connectivity index (χ3v) is 5.24. The average molecular weight is 437 g/mol. The Morgan fingerprint density at radius 1 is 1.03 bits per heavy atom. The fourth-order valence-electron chi connectivity index (χ4n) is 3.56. The molecule has 33 heavy (non-hydrogen) atoms. The van der Waals surface area contributed by atoms with Gasteiger partial charge in [-0.2, -0.15) is 5.10 Å². The minimum Gasteiger partial charge on any atom is -0.497 e. The van der Waals surface area contributed by atoms with Crippen molar-refractivity contribution < 1.29 is 9.53 Å². The van der Waals surface area contributed by atoms with Crippen LogP contribution in [-0.2, 0) is 0 Å². The minimum atomic E-state index is -0.345. The molecule has 3 aromatic carbocycles. The van der Waals surface area contributed by atoms with Gasteiger partial charge in [-0.15, -0.1) is 0 Å². The predicted molar refractivity (Wildman–Crippen MR) is 126 cm³/mol. The van der Waals surface area contributed by atoms with Crippen LogP contribution >= 0.6 is 0 Å². The van der Waals surface area contributed by atoms with Crippen molar-refractivity contribution in [1.82, 2.24) is 19.7 Å². The first kappa shape index (κ1) is 20.2. The zero-order chi connectivity index (χ0) is 22.8. The lowest BCUT2D eigenvalue weighted by Crippen LogP contribution is -2.13. The summed E-state index contributed by atoms with van der Waals surface area (Å²) < 4.78 is 6.91. The lowest BCUT2D eigenvalue weighted by Gasteiger charge is -2.07. The summed E-state index contributed by atoms with van der Waals surface area (Å²) in [7, 11) is 1.60. The SMILES string of the molecule is COc1ccc(-c2nn(-c3ccccc3)cc2C(=O)Nc2ccc3nc[nH]c(=O)c3c2)cc1. The van der Waals surface area contributed by atoms with Crippen LogP contribution < -0.4 is 15.6 Å². The third kappa shape index (κ3) is 3.97. The Morgan fingerprint density at radius 3 is 2.58 bits per heavy atom. The lowest BCUT2D eigenvalue weighted by molar-refractivity contribution is 0.102. The molecule has 1 amide bonds. The zero-order valence-corrected chi connectivity index (χ0v) is 17.6. The maximum atomic E-state index is 13.3. The van der Waals surface area contributed by atoms with Gasteiger partial charge in [0.05, 0.1) is 35.6 Å². The van der Waals surface area contributed by atoms with Crippen LogP contribution in [0.15, 0.2) is 90.1 Å². The Morgan fingerprint density at radius 2 is 1.82 bits per heavy atom. The maximum Gasteiger partial charge on any atom is 0.259 e. The Bertz CT molecular complexity index is 1510. The molecule has 5 aromatic rings. The van der Waals surface area contributed by atoms with E-state index >= 15 is 0 Å². The van der Waals surface area contributed by atoms with Gasteiger partial charge in [0.15, 0.2) is 0 Å². The lowest BCUT2D eigenvalue weighted by atomic mass is 10.1. The van der Waals surface area contributed by atoms with Crippen LogP contribution in [0.25, 0.3) is 27.8 Å². The fraction of sp³-hybridized carbons (Fsp3) is 0.0400. The summed E-state index contributed by atoms with van der Waals surface area (Å²) in [5.74, 6) is 0.366. The molecule has 162 valence electrons. The summed E-state index contributed by atoms with van der Waals surface area (Å²) in [5, 5.41) is 7.95. The Hall–Kier alpha value is -4.72. The van der Waals surface area contributed by atoms with Crippen LogP contribution in [-0.4, -0.2) is 32.8 Å².